The number of benzene rings is 1. The van der Waals surface area contributed by atoms with Gasteiger partial charge in [0.2, 0.25) is 0 Å². The molecule has 0 heterocycles. The monoisotopic (exact) mass is 251 g/mol. The van der Waals surface area contributed by atoms with Crippen LogP contribution in [0.3, 0.4) is 0 Å². The predicted molar refractivity (Wildman–Crippen MR) is 67.2 cm³/mol. The maximum absolute atomic E-state index is 11.5. The van der Waals surface area contributed by atoms with E-state index in [1.165, 1.54) is 0 Å². The van der Waals surface area contributed by atoms with E-state index in [1.807, 2.05) is 6.92 Å². The van der Waals surface area contributed by atoms with Crippen molar-refractivity contribution in [1.82, 2.24) is 0 Å². The van der Waals surface area contributed by atoms with Gasteiger partial charge < -0.3 is 14.7 Å². The molecule has 0 aliphatic rings. The third-order valence-corrected chi connectivity index (χ3v) is 2.17. The maximum atomic E-state index is 11.5. The van der Waals surface area contributed by atoms with E-state index in [-0.39, 0.29) is 12.3 Å². The highest BCUT2D eigenvalue weighted by molar-refractivity contribution is 6.43. The zero-order chi connectivity index (χ0) is 13.4. The Kier molecular flexibility index (Phi) is 5.70. The molecule has 0 bridgehead atoms. The molecule has 18 heavy (non-hydrogen) atoms. The van der Waals surface area contributed by atoms with Crippen molar-refractivity contribution in [1.29, 1.82) is 0 Å². The number of rotatable bonds is 6. The second kappa shape index (κ2) is 7.32. The lowest BCUT2D eigenvalue weighted by Crippen LogP contribution is -2.18. The minimum atomic E-state index is -0.651. The van der Waals surface area contributed by atoms with Gasteiger partial charge in [0.15, 0.2) is 5.71 Å². The van der Waals surface area contributed by atoms with Crippen LogP contribution in [0.15, 0.2) is 29.4 Å². The lowest BCUT2D eigenvalue weighted by atomic mass is 10.1. The third-order valence-electron chi connectivity index (χ3n) is 2.17. The van der Waals surface area contributed by atoms with Crippen molar-refractivity contribution in [3.05, 3.63) is 29.8 Å². The Morgan fingerprint density at radius 1 is 1.28 bits per heavy atom. The lowest BCUT2D eigenvalue weighted by Gasteiger charge is -2.06. The molecule has 1 aromatic rings. The normalized spacial score (nSPS) is 11.1. The van der Waals surface area contributed by atoms with E-state index in [1.54, 1.807) is 31.2 Å². The zero-order valence-corrected chi connectivity index (χ0v) is 10.5. The van der Waals surface area contributed by atoms with E-state index in [2.05, 4.69) is 5.16 Å². The van der Waals surface area contributed by atoms with E-state index in [0.717, 1.165) is 6.42 Å². The van der Waals surface area contributed by atoms with Crippen LogP contribution < -0.4 is 4.74 Å². The van der Waals surface area contributed by atoms with Crippen molar-refractivity contribution in [3.8, 4) is 5.75 Å². The molecule has 0 spiro atoms. The van der Waals surface area contributed by atoms with Gasteiger partial charge in [-0.1, -0.05) is 12.1 Å². The Labute approximate surface area is 106 Å². The second-order valence-electron chi connectivity index (χ2n) is 3.54. The Morgan fingerprint density at radius 2 is 1.94 bits per heavy atom. The summed E-state index contributed by atoms with van der Waals surface area (Å²) in [5.41, 5.74) is 0.374. The van der Waals surface area contributed by atoms with Gasteiger partial charge in [-0.15, -0.1) is 0 Å². The maximum Gasteiger partial charge on any atom is 0.361 e. The minimum absolute atomic E-state index is 0.112. The van der Waals surface area contributed by atoms with E-state index >= 15 is 0 Å². The average Bonchev–Trinajstić information content (AvgIpc) is 2.39. The van der Waals surface area contributed by atoms with E-state index in [4.69, 9.17) is 14.7 Å². The van der Waals surface area contributed by atoms with Gasteiger partial charge in [-0.3, -0.25) is 0 Å². The van der Waals surface area contributed by atoms with Crippen molar-refractivity contribution < 1.29 is 19.5 Å². The number of hydrogen-bond acceptors (Lipinski definition) is 5. The number of nitrogens with zero attached hydrogens (tertiary/aromatic N) is 1. The third kappa shape index (κ3) is 3.76. The summed E-state index contributed by atoms with van der Waals surface area (Å²) in [5.74, 6) is 0.0592. The Balaban J connectivity index is 2.79. The fraction of sp³-hybridized carbons (Fsp3) is 0.385. The van der Waals surface area contributed by atoms with Crippen LogP contribution in [0.25, 0.3) is 0 Å². The predicted octanol–water partition coefficient (Wildman–Crippen LogP) is 2.22. The molecule has 0 aromatic heterocycles. The Bertz CT molecular complexity index is 412. The highest BCUT2D eigenvalue weighted by Crippen LogP contribution is 2.13. The molecular weight excluding hydrogens is 234 g/mol. The summed E-state index contributed by atoms with van der Waals surface area (Å²) in [4.78, 5) is 11.5. The van der Waals surface area contributed by atoms with Crippen LogP contribution in [0, 0.1) is 0 Å². The first kappa shape index (κ1) is 14.0. The molecule has 1 aromatic carbocycles. The zero-order valence-electron chi connectivity index (χ0n) is 10.5. The molecule has 0 unspecified atom stereocenters. The second-order valence-corrected chi connectivity index (χ2v) is 3.54. The molecular formula is C13H17NO4. The first-order chi connectivity index (χ1) is 8.72. The van der Waals surface area contributed by atoms with Crippen molar-refractivity contribution in [2.24, 2.45) is 5.16 Å². The Morgan fingerprint density at radius 3 is 2.44 bits per heavy atom. The molecule has 0 radical (unpaired) electrons. The molecule has 0 aliphatic carbocycles. The van der Waals surface area contributed by atoms with Crippen molar-refractivity contribution in [2.75, 3.05) is 13.2 Å². The largest absolute Gasteiger partial charge is 0.494 e. The van der Waals surface area contributed by atoms with E-state index < -0.39 is 5.97 Å². The standard InChI is InChI=1S/C13H17NO4/c1-3-9-18-11-7-5-10(6-8-11)12(14-16)13(15)17-4-2/h5-8,16H,3-4,9H2,1-2H3/b14-12-. The van der Waals surface area contributed by atoms with Crippen molar-refractivity contribution in [2.45, 2.75) is 20.3 Å². The van der Waals surface area contributed by atoms with Gasteiger partial charge in [0, 0.05) is 5.56 Å². The summed E-state index contributed by atoms with van der Waals surface area (Å²) in [7, 11) is 0. The fourth-order valence-electron chi connectivity index (χ4n) is 1.34. The molecule has 98 valence electrons. The lowest BCUT2D eigenvalue weighted by molar-refractivity contribution is -0.135. The Hall–Kier alpha value is -2.04. The molecule has 0 saturated carbocycles. The van der Waals surface area contributed by atoms with Crippen LogP contribution >= 0.6 is 0 Å². The number of esters is 1. The SMILES string of the molecule is CCCOc1ccc(/C(=N/O)C(=O)OCC)cc1. The number of carbonyl (C=O) groups is 1. The fourth-order valence-corrected chi connectivity index (χ4v) is 1.34. The molecule has 0 atom stereocenters. The van der Waals surface area contributed by atoms with Gasteiger partial charge in [0.1, 0.15) is 5.75 Å². The van der Waals surface area contributed by atoms with Gasteiger partial charge in [-0.25, -0.2) is 4.79 Å². The van der Waals surface area contributed by atoms with Gasteiger partial charge >= 0.3 is 5.97 Å². The summed E-state index contributed by atoms with van der Waals surface area (Å²) >= 11 is 0. The summed E-state index contributed by atoms with van der Waals surface area (Å²) in [6.45, 7) is 4.58. The molecule has 0 amide bonds. The number of ether oxygens (including phenoxy) is 2. The molecule has 0 saturated heterocycles. The molecule has 1 N–H and O–H groups in total. The molecule has 1 rings (SSSR count). The van der Waals surface area contributed by atoms with Crippen molar-refractivity contribution >= 4 is 11.7 Å². The first-order valence-corrected chi connectivity index (χ1v) is 5.85. The number of carbonyl (C=O) groups excluding carboxylic acids is 1. The topological polar surface area (TPSA) is 68.1 Å². The summed E-state index contributed by atoms with van der Waals surface area (Å²) in [6, 6.07) is 6.73. The number of oxime groups is 1. The van der Waals surface area contributed by atoms with Crippen LogP contribution in [0.2, 0.25) is 0 Å². The first-order valence-electron chi connectivity index (χ1n) is 5.85. The molecule has 5 heteroatoms. The molecule has 0 aliphatic heterocycles. The summed E-state index contributed by atoms with van der Waals surface area (Å²) < 4.78 is 10.2. The van der Waals surface area contributed by atoms with Crippen molar-refractivity contribution in [3.63, 3.8) is 0 Å². The smallest absolute Gasteiger partial charge is 0.361 e. The highest BCUT2D eigenvalue weighted by Gasteiger charge is 2.15. The quantitative estimate of drug-likeness (QED) is 0.364. The summed E-state index contributed by atoms with van der Waals surface area (Å²) in [5, 5.41) is 11.8. The average molecular weight is 251 g/mol. The van der Waals surface area contributed by atoms with Crippen LogP contribution in [0.1, 0.15) is 25.8 Å². The van der Waals surface area contributed by atoms with Crippen LogP contribution in [-0.4, -0.2) is 30.1 Å². The van der Waals surface area contributed by atoms with Crippen LogP contribution in [-0.2, 0) is 9.53 Å². The van der Waals surface area contributed by atoms with E-state index in [0.29, 0.717) is 17.9 Å². The summed E-state index contributed by atoms with van der Waals surface area (Å²) in [6.07, 6.45) is 0.925. The number of hydrogen-bond donors (Lipinski definition) is 1. The van der Waals surface area contributed by atoms with Gasteiger partial charge in [0.25, 0.3) is 0 Å². The van der Waals surface area contributed by atoms with Gasteiger partial charge in [-0.2, -0.15) is 0 Å². The van der Waals surface area contributed by atoms with Gasteiger partial charge in [0.05, 0.1) is 13.2 Å². The van der Waals surface area contributed by atoms with Gasteiger partial charge in [-0.05, 0) is 37.6 Å². The molecule has 5 nitrogen and oxygen atoms in total. The van der Waals surface area contributed by atoms with Crippen LogP contribution in [0.5, 0.6) is 5.75 Å². The highest BCUT2D eigenvalue weighted by atomic mass is 16.5. The molecule has 0 fully saturated rings. The van der Waals surface area contributed by atoms with E-state index in [9.17, 15) is 4.79 Å². The van der Waals surface area contributed by atoms with Crippen LogP contribution in [0.4, 0.5) is 0 Å². The minimum Gasteiger partial charge on any atom is -0.494 e.